The third kappa shape index (κ3) is 4.75. The summed E-state index contributed by atoms with van der Waals surface area (Å²) in [5.41, 5.74) is 5.37. The Balaban J connectivity index is 2.42. The maximum atomic E-state index is 12.7. The first kappa shape index (κ1) is 21.1. The lowest BCUT2D eigenvalue weighted by Crippen LogP contribution is -2.42. The zero-order chi connectivity index (χ0) is 20.4. The van der Waals surface area contributed by atoms with Gasteiger partial charge in [-0.2, -0.15) is 8.42 Å². The lowest BCUT2D eigenvalue weighted by atomic mass is 9.99. The highest BCUT2D eigenvalue weighted by molar-refractivity contribution is 9.10. The fourth-order valence-corrected chi connectivity index (χ4v) is 3.43. The van der Waals surface area contributed by atoms with E-state index in [1.165, 1.54) is 24.3 Å². The van der Waals surface area contributed by atoms with Gasteiger partial charge in [0.25, 0.3) is 15.9 Å². The lowest BCUT2D eigenvalue weighted by Gasteiger charge is -2.36. The van der Waals surface area contributed by atoms with Crippen molar-refractivity contribution in [3.8, 4) is 0 Å². The number of carbonyl (C=O) groups excluding carboxylic acids is 1. The van der Waals surface area contributed by atoms with Gasteiger partial charge in [-0.1, -0.05) is 13.0 Å². The number of carbonyl (C=O) groups is 1. The maximum absolute atomic E-state index is 12.7. The van der Waals surface area contributed by atoms with Crippen LogP contribution in [0.1, 0.15) is 37.6 Å². The van der Waals surface area contributed by atoms with Gasteiger partial charge in [0.15, 0.2) is 5.03 Å². The first-order chi connectivity index (χ1) is 12.5. The number of nitrogens with zero attached hydrogens (tertiary/aromatic N) is 3. The molecule has 2 heterocycles. The minimum absolute atomic E-state index is 0.0424. The Bertz CT molecular complexity index is 963. The van der Waals surface area contributed by atoms with Crippen LogP contribution in [-0.2, 0) is 10.0 Å². The van der Waals surface area contributed by atoms with Crippen molar-refractivity contribution >= 4 is 43.5 Å². The standard InChI is InChI=1S/C17H22BrN5O3S/c1-5-17(2,3)23(4)15-11(9-10-12(18)20-15)16(24)22-27(25,26)14-8-6-7-13(19)21-14/h6-10H,5H2,1-4H3,(H2,19,21)(H,22,24). The smallest absolute Gasteiger partial charge is 0.281 e. The molecular formula is C17H22BrN5O3S. The van der Waals surface area contributed by atoms with Crippen molar-refractivity contribution in [2.45, 2.75) is 37.8 Å². The summed E-state index contributed by atoms with van der Waals surface area (Å²) in [4.78, 5) is 22.7. The van der Waals surface area contributed by atoms with Gasteiger partial charge in [-0.3, -0.25) is 4.79 Å². The molecule has 1 amide bonds. The summed E-state index contributed by atoms with van der Waals surface area (Å²) in [6, 6.07) is 7.27. The Kier molecular flexibility index (Phi) is 6.10. The monoisotopic (exact) mass is 455 g/mol. The Morgan fingerprint density at radius 1 is 1.26 bits per heavy atom. The average Bonchev–Trinajstić information content (AvgIpc) is 2.60. The topological polar surface area (TPSA) is 118 Å². The summed E-state index contributed by atoms with van der Waals surface area (Å²) in [5, 5.41) is -0.329. The summed E-state index contributed by atoms with van der Waals surface area (Å²) in [6.45, 7) is 6.03. The molecule has 0 aromatic carbocycles. The Hall–Kier alpha value is -2.20. The number of nitrogens with two attached hydrogens (primary N) is 1. The lowest BCUT2D eigenvalue weighted by molar-refractivity contribution is 0.0981. The Morgan fingerprint density at radius 2 is 1.93 bits per heavy atom. The van der Waals surface area contributed by atoms with Crippen LogP contribution >= 0.6 is 15.9 Å². The van der Waals surface area contributed by atoms with Crippen LogP contribution < -0.4 is 15.4 Å². The number of rotatable bonds is 6. The van der Waals surface area contributed by atoms with Crippen molar-refractivity contribution in [3.05, 3.63) is 40.5 Å². The van der Waals surface area contributed by atoms with Gasteiger partial charge >= 0.3 is 0 Å². The number of pyridine rings is 2. The van der Waals surface area contributed by atoms with E-state index in [4.69, 9.17) is 5.73 Å². The van der Waals surface area contributed by atoms with E-state index in [1.807, 2.05) is 37.4 Å². The van der Waals surface area contributed by atoms with Crippen molar-refractivity contribution in [2.75, 3.05) is 17.7 Å². The molecule has 0 aliphatic heterocycles. The molecular weight excluding hydrogens is 434 g/mol. The fraction of sp³-hybridized carbons (Fsp3) is 0.353. The predicted molar refractivity (Wildman–Crippen MR) is 108 cm³/mol. The van der Waals surface area contributed by atoms with Crippen molar-refractivity contribution in [1.82, 2.24) is 14.7 Å². The fourth-order valence-electron chi connectivity index (χ4n) is 2.19. The quantitative estimate of drug-likeness (QED) is 0.642. The van der Waals surface area contributed by atoms with Crippen molar-refractivity contribution in [3.63, 3.8) is 0 Å². The van der Waals surface area contributed by atoms with Gasteiger partial charge in [0, 0.05) is 12.6 Å². The molecule has 0 unspecified atom stereocenters. The van der Waals surface area contributed by atoms with Crippen molar-refractivity contribution in [2.24, 2.45) is 0 Å². The van der Waals surface area contributed by atoms with Crippen molar-refractivity contribution in [1.29, 1.82) is 0 Å². The first-order valence-corrected chi connectivity index (χ1v) is 10.5. The van der Waals surface area contributed by atoms with E-state index in [1.54, 1.807) is 6.07 Å². The van der Waals surface area contributed by atoms with Gasteiger partial charge in [-0.15, -0.1) is 0 Å². The van der Waals surface area contributed by atoms with E-state index in [2.05, 4.69) is 25.9 Å². The number of anilines is 2. The molecule has 146 valence electrons. The van der Waals surface area contributed by atoms with Gasteiger partial charge in [0.1, 0.15) is 16.2 Å². The second-order valence-electron chi connectivity index (χ2n) is 6.57. The molecule has 0 atom stereocenters. The van der Waals surface area contributed by atoms with Crippen LogP contribution in [0.15, 0.2) is 40.0 Å². The predicted octanol–water partition coefficient (Wildman–Crippen LogP) is 2.56. The summed E-state index contributed by atoms with van der Waals surface area (Å²) in [5.74, 6) is -0.391. The van der Waals surface area contributed by atoms with Gasteiger partial charge in [0.2, 0.25) is 0 Å². The minimum Gasteiger partial charge on any atom is -0.384 e. The van der Waals surface area contributed by atoms with Crippen LogP contribution in [0.25, 0.3) is 0 Å². The second kappa shape index (κ2) is 7.81. The highest BCUT2D eigenvalue weighted by Gasteiger charge is 2.29. The molecule has 27 heavy (non-hydrogen) atoms. The van der Waals surface area contributed by atoms with Crippen LogP contribution in [0, 0.1) is 0 Å². The van der Waals surface area contributed by atoms with Gasteiger partial charge < -0.3 is 10.6 Å². The molecule has 8 nitrogen and oxygen atoms in total. The number of hydrogen-bond donors (Lipinski definition) is 2. The number of nitrogens with one attached hydrogen (secondary N) is 1. The van der Waals surface area contributed by atoms with Gasteiger partial charge in [0.05, 0.1) is 5.56 Å². The molecule has 0 saturated heterocycles. The first-order valence-electron chi connectivity index (χ1n) is 8.18. The average molecular weight is 456 g/mol. The second-order valence-corrected chi connectivity index (χ2v) is 9.01. The van der Waals surface area contributed by atoms with Crippen LogP contribution in [0.2, 0.25) is 0 Å². The van der Waals surface area contributed by atoms with Gasteiger partial charge in [-0.25, -0.2) is 14.7 Å². The summed E-state index contributed by atoms with van der Waals surface area (Å²) >= 11 is 3.30. The van der Waals surface area contributed by atoms with Crippen LogP contribution in [0.4, 0.5) is 11.6 Å². The summed E-state index contributed by atoms with van der Waals surface area (Å²) < 4.78 is 27.5. The number of sulfonamides is 1. The normalized spacial score (nSPS) is 11.9. The Morgan fingerprint density at radius 3 is 2.52 bits per heavy atom. The van der Waals surface area contributed by atoms with E-state index in [0.29, 0.717) is 10.4 Å². The SMILES string of the molecule is CCC(C)(C)N(C)c1nc(Br)ccc1C(=O)NS(=O)(=O)c1cccc(N)n1. The number of aromatic nitrogens is 2. The van der Waals surface area contributed by atoms with E-state index in [-0.39, 0.29) is 21.9 Å². The largest absolute Gasteiger partial charge is 0.384 e. The summed E-state index contributed by atoms with van der Waals surface area (Å²) in [6.07, 6.45) is 0.796. The molecule has 2 aromatic rings. The zero-order valence-corrected chi connectivity index (χ0v) is 17.9. The number of hydrogen-bond acceptors (Lipinski definition) is 7. The van der Waals surface area contributed by atoms with E-state index >= 15 is 0 Å². The summed E-state index contributed by atoms with van der Waals surface area (Å²) in [7, 11) is -2.36. The molecule has 3 N–H and O–H groups in total. The molecule has 0 aliphatic carbocycles. The number of amides is 1. The molecule has 0 radical (unpaired) electrons. The van der Waals surface area contributed by atoms with Crippen LogP contribution in [0.3, 0.4) is 0 Å². The highest BCUT2D eigenvalue weighted by atomic mass is 79.9. The third-order valence-electron chi connectivity index (χ3n) is 4.42. The molecule has 0 aliphatic rings. The van der Waals surface area contributed by atoms with E-state index in [9.17, 15) is 13.2 Å². The molecule has 0 saturated carbocycles. The molecule has 2 aromatic heterocycles. The number of halogens is 1. The van der Waals surface area contributed by atoms with Gasteiger partial charge in [-0.05, 0) is 60.5 Å². The van der Waals surface area contributed by atoms with Crippen LogP contribution in [-0.4, -0.2) is 36.9 Å². The number of nitrogen functional groups attached to an aromatic ring is 1. The van der Waals surface area contributed by atoms with E-state index in [0.717, 1.165) is 6.42 Å². The molecule has 0 spiro atoms. The molecule has 10 heteroatoms. The third-order valence-corrected chi connectivity index (χ3v) is 6.10. The van der Waals surface area contributed by atoms with E-state index < -0.39 is 15.9 Å². The van der Waals surface area contributed by atoms with Crippen molar-refractivity contribution < 1.29 is 13.2 Å². The minimum atomic E-state index is -4.17. The molecule has 2 rings (SSSR count). The highest BCUT2D eigenvalue weighted by Crippen LogP contribution is 2.28. The molecule has 0 fully saturated rings. The zero-order valence-electron chi connectivity index (χ0n) is 15.5. The maximum Gasteiger partial charge on any atom is 0.281 e. The molecule has 0 bridgehead atoms. The Labute approximate surface area is 167 Å². The van der Waals surface area contributed by atoms with Crippen LogP contribution in [0.5, 0.6) is 0 Å².